The maximum atomic E-state index is 4.30. The standard InChI is InChI=1S/C14H26N4/c1-10(2)15-8-13-9-18(17-16-13)14-6-5-11(3)12(4)7-14/h9-12,14-15H,5-8H2,1-4H3. The molecule has 0 radical (unpaired) electrons. The number of rotatable bonds is 4. The van der Waals surface area contributed by atoms with Crippen molar-refractivity contribution in [2.45, 2.75) is 65.6 Å². The molecule has 2 rings (SSSR count). The molecule has 0 spiro atoms. The van der Waals surface area contributed by atoms with Gasteiger partial charge in [-0.2, -0.15) is 0 Å². The van der Waals surface area contributed by atoms with Gasteiger partial charge < -0.3 is 5.32 Å². The van der Waals surface area contributed by atoms with Gasteiger partial charge >= 0.3 is 0 Å². The van der Waals surface area contributed by atoms with E-state index in [1.807, 2.05) is 0 Å². The Morgan fingerprint density at radius 2 is 2.11 bits per heavy atom. The second-order valence-electron chi connectivity index (χ2n) is 6.15. The molecule has 1 aliphatic carbocycles. The van der Waals surface area contributed by atoms with E-state index in [4.69, 9.17) is 0 Å². The highest BCUT2D eigenvalue weighted by atomic mass is 15.4. The summed E-state index contributed by atoms with van der Waals surface area (Å²) in [5.41, 5.74) is 1.05. The van der Waals surface area contributed by atoms with Gasteiger partial charge in [-0.15, -0.1) is 5.10 Å². The van der Waals surface area contributed by atoms with E-state index in [1.54, 1.807) is 0 Å². The number of hydrogen-bond acceptors (Lipinski definition) is 3. The molecule has 3 atom stereocenters. The SMILES string of the molecule is CC(C)NCc1cn(C2CCC(C)C(C)C2)nn1. The van der Waals surface area contributed by atoms with Gasteiger partial charge in [0.15, 0.2) is 0 Å². The summed E-state index contributed by atoms with van der Waals surface area (Å²) < 4.78 is 2.08. The van der Waals surface area contributed by atoms with Gasteiger partial charge in [0.1, 0.15) is 0 Å². The lowest BCUT2D eigenvalue weighted by Gasteiger charge is -2.31. The predicted molar refractivity (Wildman–Crippen MR) is 73.2 cm³/mol. The first-order valence-corrected chi connectivity index (χ1v) is 7.20. The molecule has 0 aliphatic heterocycles. The van der Waals surface area contributed by atoms with Gasteiger partial charge in [0.25, 0.3) is 0 Å². The van der Waals surface area contributed by atoms with Crippen LogP contribution in [0.5, 0.6) is 0 Å². The Balaban J connectivity index is 1.93. The lowest BCUT2D eigenvalue weighted by atomic mass is 9.79. The van der Waals surface area contributed by atoms with Crippen molar-refractivity contribution in [1.82, 2.24) is 20.3 Å². The van der Waals surface area contributed by atoms with Gasteiger partial charge in [-0.1, -0.05) is 32.9 Å². The van der Waals surface area contributed by atoms with Gasteiger partial charge in [0, 0.05) is 12.6 Å². The van der Waals surface area contributed by atoms with E-state index in [9.17, 15) is 0 Å². The highest BCUT2D eigenvalue weighted by Gasteiger charge is 2.26. The first-order valence-electron chi connectivity index (χ1n) is 7.20. The van der Waals surface area contributed by atoms with Crippen molar-refractivity contribution in [3.63, 3.8) is 0 Å². The maximum Gasteiger partial charge on any atom is 0.0965 e. The smallest absolute Gasteiger partial charge is 0.0965 e. The number of hydrogen-bond donors (Lipinski definition) is 1. The lowest BCUT2D eigenvalue weighted by Crippen LogP contribution is -2.24. The Kier molecular flexibility index (Phi) is 4.38. The summed E-state index contributed by atoms with van der Waals surface area (Å²) in [4.78, 5) is 0. The highest BCUT2D eigenvalue weighted by molar-refractivity contribution is 4.94. The van der Waals surface area contributed by atoms with Gasteiger partial charge in [-0.05, 0) is 31.1 Å². The summed E-state index contributed by atoms with van der Waals surface area (Å²) in [7, 11) is 0. The predicted octanol–water partition coefficient (Wildman–Crippen LogP) is 2.77. The molecule has 0 saturated heterocycles. The third-order valence-electron chi connectivity index (χ3n) is 4.19. The lowest BCUT2D eigenvalue weighted by molar-refractivity contribution is 0.199. The number of nitrogens with zero attached hydrogens (tertiary/aromatic N) is 3. The van der Waals surface area contributed by atoms with Gasteiger partial charge in [0.05, 0.1) is 17.9 Å². The molecule has 1 heterocycles. The first-order chi connectivity index (χ1) is 8.56. The fraction of sp³-hybridized carbons (Fsp3) is 0.857. The Bertz CT molecular complexity index is 372. The summed E-state index contributed by atoms with van der Waals surface area (Å²) in [6.45, 7) is 9.83. The van der Waals surface area contributed by atoms with Crippen LogP contribution < -0.4 is 5.32 Å². The van der Waals surface area contributed by atoms with Crippen LogP contribution in [0.15, 0.2) is 6.20 Å². The minimum Gasteiger partial charge on any atom is -0.309 e. The molecule has 4 nitrogen and oxygen atoms in total. The molecular formula is C14H26N4. The molecule has 1 N–H and O–H groups in total. The molecule has 1 aromatic rings. The average molecular weight is 250 g/mol. The number of aromatic nitrogens is 3. The topological polar surface area (TPSA) is 42.7 Å². The minimum absolute atomic E-state index is 0.491. The molecule has 18 heavy (non-hydrogen) atoms. The van der Waals surface area contributed by atoms with E-state index in [0.717, 1.165) is 24.1 Å². The fourth-order valence-corrected chi connectivity index (χ4v) is 2.64. The second kappa shape index (κ2) is 5.83. The molecule has 0 bridgehead atoms. The third kappa shape index (κ3) is 3.31. The van der Waals surface area contributed by atoms with Crippen molar-refractivity contribution in [1.29, 1.82) is 0 Å². The van der Waals surface area contributed by atoms with Crippen LogP contribution in [0.3, 0.4) is 0 Å². The van der Waals surface area contributed by atoms with E-state index in [-0.39, 0.29) is 0 Å². The molecular weight excluding hydrogens is 224 g/mol. The van der Waals surface area contributed by atoms with Crippen LogP contribution in [0.2, 0.25) is 0 Å². The molecule has 0 aromatic carbocycles. The summed E-state index contributed by atoms with van der Waals surface area (Å²) in [5.74, 6) is 1.65. The monoisotopic (exact) mass is 250 g/mol. The van der Waals surface area contributed by atoms with Crippen LogP contribution in [0.25, 0.3) is 0 Å². The van der Waals surface area contributed by atoms with E-state index >= 15 is 0 Å². The second-order valence-corrected chi connectivity index (χ2v) is 6.15. The summed E-state index contributed by atoms with van der Waals surface area (Å²) in [6.07, 6.45) is 5.90. The van der Waals surface area contributed by atoms with Crippen molar-refractivity contribution >= 4 is 0 Å². The van der Waals surface area contributed by atoms with Crippen LogP contribution >= 0.6 is 0 Å². The van der Waals surface area contributed by atoms with Crippen LogP contribution in [0.4, 0.5) is 0 Å². The molecule has 1 saturated carbocycles. The summed E-state index contributed by atoms with van der Waals surface area (Å²) >= 11 is 0. The zero-order chi connectivity index (χ0) is 13.1. The largest absolute Gasteiger partial charge is 0.309 e. The van der Waals surface area contributed by atoms with Crippen molar-refractivity contribution < 1.29 is 0 Å². The van der Waals surface area contributed by atoms with Crippen molar-refractivity contribution in [3.05, 3.63) is 11.9 Å². The summed E-state index contributed by atoms with van der Waals surface area (Å²) in [6, 6.07) is 1.04. The molecule has 102 valence electrons. The maximum absolute atomic E-state index is 4.30. The van der Waals surface area contributed by atoms with Crippen molar-refractivity contribution in [3.8, 4) is 0 Å². The van der Waals surface area contributed by atoms with Gasteiger partial charge in [-0.25, -0.2) is 4.68 Å². The minimum atomic E-state index is 0.491. The van der Waals surface area contributed by atoms with E-state index in [2.05, 4.69) is 54.2 Å². The Morgan fingerprint density at radius 3 is 2.78 bits per heavy atom. The van der Waals surface area contributed by atoms with Gasteiger partial charge in [-0.3, -0.25) is 0 Å². The molecule has 4 heteroatoms. The van der Waals surface area contributed by atoms with Crippen LogP contribution in [0, 0.1) is 11.8 Å². The molecule has 3 unspecified atom stereocenters. The quantitative estimate of drug-likeness (QED) is 0.893. The Morgan fingerprint density at radius 1 is 1.33 bits per heavy atom. The van der Waals surface area contributed by atoms with Crippen LogP contribution in [0.1, 0.15) is 58.7 Å². The molecule has 1 aliphatic rings. The Hall–Kier alpha value is -0.900. The van der Waals surface area contributed by atoms with E-state index < -0.39 is 0 Å². The molecule has 1 fully saturated rings. The average Bonchev–Trinajstić information content (AvgIpc) is 2.79. The Labute approximate surface area is 110 Å². The fourth-order valence-electron chi connectivity index (χ4n) is 2.64. The van der Waals surface area contributed by atoms with Crippen LogP contribution in [-0.4, -0.2) is 21.0 Å². The highest BCUT2D eigenvalue weighted by Crippen LogP contribution is 2.35. The van der Waals surface area contributed by atoms with E-state index in [0.29, 0.717) is 12.1 Å². The van der Waals surface area contributed by atoms with Crippen molar-refractivity contribution in [2.75, 3.05) is 0 Å². The zero-order valence-electron chi connectivity index (χ0n) is 12.1. The first kappa shape index (κ1) is 13.5. The zero-order valence-corrected chi connectivity index (χ0v) is 12.1. The van der Waals surface area contributed by atoms with Crippen LogP contribution in [-0.2, 0) is 6.54 Å². The summed E-state index contributed by atoms with van der Waals surface area (Å²) in [5, 5.41) is 11.9. The molecule has 1 aromatic heterocycles. The third-order valence-corrected chi connectivity index (χ3v) is 4.19. The number of nitrogens with one attached hydrogen (secondary N) is 1. The van der Waals surface area contributed by atoms with Gasteiger partial charge in [0.2, 0.25) is 0 Å². The van der Waals surface area contributed by atoms with E-state index in [1.165, 1.54) is 19.3 Å². The molecule has 0 amide bonds. The van der Waals surface area contributed by atoms with Crippen molar-refractivity contribution in [2.24, 2.45) is 11.8 Å². The normalized spacial score (nSPS) is 28.8.